The van der Waals surface area contributed by atoms with Crippen molar-refractivity contribution in [2.24, 2.45) is 0 Å². The van der Waals surface area contributed by atoms with Gasteiger partial charge in [0.15, 0.2) is 0 Å². The molecule has 1 aliphatic rings. The van der Waals surface area contributed by atoms with Crippen molar-refractivity contribution < 1.29 is 0 Å². The second-order valence-electron chi connectivity index (χ2n) is 4.40. The molecule has 0 aromatic heterocycles. The number of anilines is 2. The van der Waals surface area contributed by atoms with Crippen molar-refractivity contribution in [3.63, 3.8) is 0 Å². The van der Waals surface area contributed by atoms with Gasteiger partial charge in [-0.05, 0) is 32.1 Å². The quantitative estimate of drug-likeness (QED) is 0.646. The van der Waals surface area contributed by atoms with Crippen molar-refractivity contribution in [1.29, 1.82) is 0 Å². The number of para-hydroxylation sites is 2. The van der Waals surface area contributed by atoms with Crippen molar-refractivity contribution in [3.05, 3.63) is 24.3 Å². The number of likely N-dealkylation sites (tertiary alicyclic amines) is 1. The van der Waals surface area contributed by atoms with E-state index in [0.29, 0.717) is 10.9 Å². The van der Waals surface area contributed by atoms with Gasteiger partial charge in [0.1, 0.15) is 0 Å². The molecule has 0 saturated carbocycles. The third-order valence-corrected chi connectivity index (χ3v) is 3.97. The SMILES string of the molecule is CN1CCC(Nc2ccccc2N)C(Br)C1. The average molecular weight is 284 g/mol. The molecule has 0 bridgehead atoms. The minimum absolute atomic E-state index is 0.459. The Hall–Kier alpha value is -0.740. The van der Waals surface area contributed by atoms with E-state index in [2.05, 4.69) is 33.2 Å². The van der Waals surface area contributed by atoms with E-state index in [9.17, 15) is 0 Å². The maximum absolute atomic E-state index is 5.92. The van der Waals surface area contributed by atoms with E-state index in [1.54, 1.807) is 0 Å². The van der Waals surface area contributed by atoms with Gasteiger partial charge in [-0.15, -0.1) is 0 Å². The molecule has 0 amide bonds. The van der Waals surface area contributed by atoms with E-state index < -0.39 is 0 Å². The van der Waals surface area contributed by atoms with Crippen LogP contribution in [0.3, 0.4) is 0 Å². The van der Waals surface area contributed by atoms with Gasteiger partial charge in [-0.25, -0.2) is 0 Å². The fourth-order valence-electron chi connectivity index (χ4n) is 2.05. The molecular weight excluding hydrogens is 266 g/mol. The maximum Gasteiger partial charge on any atom is 0.0576 e. The predicted octanol–water partition coefficient (Wildman–Crippen LogP) is 2.15. The second-order valence-corrected chi connectivity index (χ2v) is 5.58. The van der Waals surface area contributed by atoms with Crippen LogP contribution in [-0.2, 0) is 0 Å². The molecule has 1 heterocycles. The highest BCUT2D eigenvalue weighted by Gasteiger charge is 2.25. The summed E-state index contributed by atoms with van der Waals surface area (Å²) in [6.07, 6.45) is 1.14. The summed E-state index contributed by atoms with van der Waals surface area (Å²) in [6, 6.07) is 8.40. The Bertz CT molecular complexity index is 356. The molecule has 2 atom stereocenters. The Morgan fingerprint density at radius 3 is 2.88 bits per heavy atom. The molecule has 1 aromatic carbocycles. The molecule has 3 nitrogen and oxygen atoms in total. The fourth-order valence-corrected chi connectivity index (χ4v) is 2.94. The van der Waals surface area contributed by atoms with E-state index in [0.717, 1.165) is 30.9 Å². The first kappa shape index (κ1) is 11.7. The predicted molar refractivity (Wildman–Crippen MR) is 73.1 cm³/mol. The molecule has 2 unspecified atom stereocenters. The summed E-state index contributed by atoms with van der Waals surface area (Å²) in [5.41, 5.74) is 7.79. The van der Waals surface area contributed by atoms with Crippen LogP contribution in [0.4, 0.5) is 11.4 Å². The molecule has 1 aliphatic heterocycles. The number of nitrogens with zero attached hydrogens (tertiary/aromatic N) is 1. The molecule has 16 heavy (non-hydrogen) atoms. The molecule has 1 aromatic rings. The van der Waals surface area contributed by atoms with Crippen LogP contribution in [0.1, 0.15) is 6.42 Å². The van der Waals surface area contributed by atoms with Gasteiger partial charge in [0.25, 0.3) is 0 Å². The molecule has 88 valence electrons. The number of nitrogens with two attached hydrogens (primary N) is 1. The van der Waals surface area contributed by atoms with Gasteiger partial charge >= 0.3 is 0 Å². The van der Waals surface area contributed by atoms with Crippen molar-refractivity contribution in [1.82, 2.24) is 4.90 Å². The summed E-state index contributed by atoms with van der Waals surface area (Å²) in [5.74, 6) is 0. The zero-order valence-electron chi connectivity index (χ0n) is 9.49. The number of hydrogen-bond donors (Lipinski definition) is 2. The molecule has 0 radical (unpaired) electrons. The lowest BCUT2D eigenvalue weighted by atomic mass is 10.0. The summed E-state index contributed by atoms with van der Waals surface area (Å²) in [5, 5.41) is 3.52. The number of nitrogen functional groups attached to an aromatic ring is 1. The van der Waals surface area contributed by atoms with Crippen molar-refractivity contribution >= 4 is 27.3 Å². The van der Waals surface area contributed by atoms with E-state index in [1.165, 1.54) is 0 Å². The molecule has 4 heteroatoms. The standard InChI is InChI=1S/C12H18BrN3/c1-16-7-6-11(9(13)8-16)15-12-5-3-2-4-10(12)14/h2-5,9,11,15H,6-8,14H2,1H3. The number of rotatable bonds is 2. The third kappa shape index (κ3) is 2.68. The number of piperidine rings is 1. The Morgan fingerprint density at radius 1 is 1.44 bits per heavy atom. The summed E-state index contributed by atoms with van der Waals surface area (Å²) in [4.78, 5) is 2.82. The zero-order chi connectivity index (χ0) is 11.5. The van der Waals surface area contributed by atoms with E-state index in [4.69, 9.17) is 5.73 Å². The van der Waals surface area contributed by atoms with E-state index >= 15 is 0 Å². The van der Waals surface area contributed by atoms with Crippen LogP contribution < -0.4 is 11.1 Å². The Labute approximate surface area is 105 Å². The second kappa shape index (κ2) is 5.06. The van der Waals surface area contributed by atoms with Gasteiger partial charge in [-0.1, -0.05) is 28.1 Å². The number of alkyl halides is 1. The number of halogens is 1. The summed E-state index contributed by atoms with van der Waals surface area (Å²) >= 11 is 3.73. The lowest BCUT2D eigenvalue weighted by Crippen LogP contribution is -2.45. The molecule has 1 saturated heterocycles. The van der Waals surface area contributed by atoms with Crippen LogP contribution >= 0.6 is 15.9 Å². The van der Waals surface area contributed by atoms with Crippen LogP contribution in [0.2, 0.25) is 0 Å². The lowest BCUT2D eigenvalue weighted by Gasteiger charge is -2.34. The maximum atomic E-state index is 5.92. The highest BCUT2D eigenvalue weighted by Crippen LogP contribution is 2.24. The van der Waals surface area contributed by atoms with Gasteiger partial charge < -0.3 is 16.0 Å². The first-order valence-electron chi connectivity index (χ1n) is 5.60. The van der Waals surface area contributed by atoms with Crippen molar-refractivity contribution in [3.8, 4) is 0 Å². The average Bonchev–Trinajstić information content (AvgIpc) is 2.25. The topological polar surface area (TPSA) is 41.3 Å². The molecular formula is C12H18BrN3. The summed E-state index contributed by atoms with van der Waals surface area (Å²) in [7, 11) is 2.15. The van der Waals surface area contributed by atoms with Gasteiger partial charge in [0.2, 0.25) is 0 Å². The van der Waals surface area contributed by atoms with E-state index in [-0.39, 0.29) is 0 Å². The van der Waals surface area contributed by atoms with Crippen LogP contribution in [0.25, 0.3) is 0 Å². The first-order valence-corrected chi connectivity index (χ1v) is 6.52. The zero-order valence-corrected chi connectivity index (χ0v) is 11.1. The van der Waals surface area contributed by atoms with Gasteiger partial charge in [0, 0.05) is 17.4 Å². The smallest absolute Gasteiger partial charge is 0.0576 e. The normalized spacial score (nSPS) is 26.6. The first-order chi connectivity index (χ1) is 7.66. The van der Waals surface area contributed by atoms with E-state index in [1.807, 2.05) is 24.3 Å². The Balaban J connectivity index is 2.02. The minimum atomic E-state index is 0.459. The summed E-state index contributed by atoms with van der Waals surface area (Å²) in [6.45, 7) is 2.21. The van der Waals surface area contributed by atoms with Crippen LogP contribution in [0, 0.1) is 0 Å². The van der Waals surface area contributed by atoms with Crippen LogP contribution in [0.15, 0.2) is 24.3 Å². The number of benzene rings is 1. The van der Waals surface area contributed by atoms with Crippen LogP contribution in [-0.4, -0.2) is 35.9 Å². The molecule has 2 rings (SSSR count). The highest BCUT2D eigenvalue weighted by molar-refractivity contribution is 9.09. The molecule has 3 N–H and O–H groups in total. The molecule has 0 spiro atoms. The van der Waals surface area contributed by atoms with Crippen molar-refractivity contribution in [2.75, 3.05) is 31.2 Å². The lowest BCUT2D eigenvalue weighted by molar-refractivity contribution is 0.273. The van der Waals surface area contributed by atoms with Crippen molar-refractivity contribution in [2.45, 2.75) is 17.3 Å². The van der Waals surface area contributed by atoms with Crippen LogP contribution in [0.5, 0.6) is 0 Å². The van der Waals surface area contributed by atoms with Gasteiger partial charge in [-0.3, -0.25) is 0 Å². The van der Waals surface area contributed by atoms with Gasteiger partial charge in [0.05, 0.1) is 11.4 Å². The number of nitrogens with one attached hydrogen (secondary N) is 1. The largest absolute Gasteiger partial charge is 0.397 e. The highest BCUT2D eigenvalue weighted by atomic mass is 79.9. The minimum Gasteiger partial charge on any atom is -0.397 e. The molecule has 1 fully saturated rings. The van der Waals surface area contributed by atoms with Gasteiger partial charge in [-0.2, -0.15) is 0 Å². The molecule has 0 aliphatic carbocycles. The summed E-state index contributed by atoms with van der Waals surface area (Å²) < 4.78 is 0. The third-order valence-electron chi connectivity index (χ3n) is 3.05. The Morgan fingerprint density at radius 2 is 2.19 bits per heavy atom. The fraction of sp³-hybridized carbons (Fsp3) is 0.500. The Kier molecular flexibility index (Phi) is 3.71. The monoisotopic (exact) mass is 283 g/mol. The number of hydrogen-bond acceptors (Lipinski definition) is 3.